The van der Waals surface area contributed by atoms with Crippen molar-refractivity contribution in [3.05, 3.63) is 36.0 Å². The van der Waals surface area contributed by atoms with E-state index in [1.807, 2.05) is 20.8 Å². The summed E-state index contributed by atoms with van der Waals surface area (Å²) in [5.74, 6) is 1.56. The second kappa shape index (κ2) is 7.16. The molecule has 2 aromatic rings. The summed E-state index contributed by atoms with van der Waals surface area (Å²) in [6.45, 7) is 5.72. The minimum Gasteiger partial charge on any atom is -0.497 e. The van der Waals surface area contributed by atoms with Gasteiger partial charge in [-0.25, -0.2) is 0 Å². The first kappa shape index (κ1) is 17.5. The number of amides is 1. The Labute approximate surface area is 141 Å². The number of nitrogens with one attached hydrogen (secondary N) is 2. The zero-order valence-electron chi connectivity index (χ0n) is 14.5. The molecule has 0 spiro atoms. The molecule has 1 aromatic heterocycles. The van der Waals surface area contributed by atoms with E-state index in [2.05, 4.69) is 20.8 Å². The predicted octanol–water partition coefficient (Wildman–Crippen LogP) is 2.77. The van der Waals surface area contributed by atoms with Gasteiger partial charge in [-0.05, 0) is 45.0 Å². The Kier molecular flexibility index (Phi) is 5.23. The molecule has 0 saturated heterocycles. The molecule has 0 radical (unpaired) electrons. The average molecular weight is 330 g/mol. The molecule has 0 aliphatic rings. The third kappa shape index (κ3) is 4.58. The van der Waals surface area contributed by atoms with Gasteiger partial charge in [-0.2, -0.15) is 0 Å². The van der Waals surface area contributed by atoms with Crippen molar-refractivity contribution in [2.24, 2.45) is 0 Å². The van der Waals surface area contributed by atoms with Gasteiger partial charge in [-0.1, -0.05) is 0 Å². The van der Waals surface area contributed by atoms with Crippen molar-refractivity contribution >= 4 is 17.4 Å². The quantitative estimate of drug-likeness (QED) is 0.877. The predicted molar refractivity (Wildman–Crippen MR) is 92.1 cm³/mol. The van der Waals surface area contributed by atoms with E-state index in [4.69, 9.17) is 9.47 Å². The Morgan fingerprint density at radius 1 is 1.04 bits per heavy atom. The summed E-state index contributed by atoms with van der Waals surface area (Å²) in [6.07, 6.45) is 0. The zero-order chi connectivity index (χ0) is 17.7. The number of ether oxygens (including phenoxy) is 2. The van der Waals surface area contributed by atoms with E-state index in [0.717, 1.165) is 0 Å². The minimum atomic E-state index is -0.330. The Balaban J connectivity index is 2.16. The standard InChI is InChI=1S/C17H22N4O3/c1-17(2,3)19-16(22)12-7-9-15(21-20-12)18-13-10-11(23-4)6-8-14(13)24-5/h6-10H,1-5H3,(H,18,21)(H,19,22). The normalized spacial score (nSPS) is 10.9. The van der Waals surface area contributed by atoms with E-state index in [1.54, 1.807) is 44.6 Å². The zero-order valence-corrected chi connectivity index (χ0v) is 14.5. The minimum absolute atomic E-state index is 0.257. The lowest BCUT2D eigenvalue weighted by molar-refractivity contribution is 0.0913. The molecule has 2 N–H and O–H groups in total. The Hall–Kier alpha value is -2.83. The molecule has 0 atom stereocenters. The number of rotatable bonds is 5. The Bertz CT molecular complexity index is 709. The Morgan fingerprint density at radius 3 is 2.33 bits per heavy atom. The van der Waals surface area contributed by atoms with Crippen LogP contribution in [0.1, 0.15) is 31.3 Å². The van der Waals surface area contributed by atoms with Gasteiger partial charge in [0.1, 0.15) is 11.5 Å². The smallest absolute Gasteiger partial charge is 0.272 e. The molecule has 1 aromatic carbocycles. The highest BCUT2D eigenvalue weighted by Crippen LogP contribution is 2.30. The lowest BCUT2D eigenvalue weighted by atomic mass is 10.1. The van der Waals surface area contributed by atoms with Crippen molar-refractivity contribution in [2.45, 2.75) is 26.3 Å². The van der Waals surface area contributed by atoms with E-state index < -0.39 is 0 Å². The number of hydrogen-bond acceptors (Lipinski definition) is 6. The molecule has 0 fully saturated rings. The number of hydrogen-bond donors (Lipinski definition) is 2. The number of methoxy groups -OCH3 is 2. The van der Waals surface area contributed by atoms with E-state index in [1.165, 1.54) is 0 Å². The molecule has 0 aliphatic heterocycles. The second-order valence-corrected chi connectivity index (χ2v) is 6.20. The fraction of sp³-hybridized carbons (Fsp3) is 0.353. The molecule has 24 heavy (non-hydrogen) atoms. The average Bonchev–Trinajstić information content (AvgIpc) is 2.53. The Morgan fingerprint density at radius 2 is 1.79 bits per heavy atom. The number of benzene rings is 1. The highest BCUT2D eigenvalue weighted by atomic mass is 16.5. The fourth-order valence-electron chi connectivity index (χ4n) is 1.97. The maximum absolute atomic E-state index is 12.0. The lowest BCUT2D eigenvalue weighted by Crippen LogP contribution is -2.41. The van der Waals surface area contributed by atoms with Gasteiger partial charge < -0.3 is 20.1 Å². The van der Waals surface area contributed by atoms with Gasteiger partial charge in [0.25, 0.3) is 5.91 Å². The molecule has 0 aliphatic carbocycles. The third-order valence-corrected chi connectivity index (χ3v) is 3.06. The molecular weight excluding hydrogens is 308 g/mol. The summed E-state index contributed by atoms with van der Waals surface area (Å²) in [5.41, 5.74) is 0.620. The maximum Gasteiger partial charge on any atom is 0.272 e. The summed E-state index contributed by atoms with van der Waals surface area (Å²) >= 11 is 0. The number of nitrogens with zero attached hydrogens (tertiary/aromatic N) is 2. The van der Waals surface area contributed by atoms with Crippen molar-refractivity contribution in [3.8, 4) is 11.5 Å². The summed E-state index contributed by atoms with van der Waals surface area (Å²) in [7, 11) is 3.17. The number of carbonyl (C=O) groups is 1. The summed E-state index contributed by atoms with van der Waals surface area (Å²) in [4.78, 5) is 12.0. The second-order valence-electron chi connectivity index (χ2n) is 6.20. The summed E-state index contributed by atoms with van der Waals surface area (Å²) in [5, 5.41) is 13.9. The molecule has 7 nitrogen and oxygen atoms in total. The topological polar surface area (TPSA) is 85.4 Å². The first-order chi connectivity index (χ1) is 11.3. The maximum atomic E-state index is 12.0. The highest BCUT2D eigenvalue weighted by Gasteiger charge is 2.16. The van der Waals surface area contributed by atoms with Crippen LogP contribution in [0, 0.1) is 0 Å². The first-order valence-electron chi connectivity index (χ1n) is 7.47. The number of aromatic nitrogens is 2. The van der Waals surface area contributed by atoms with Crippen molar-refractivity contribution in [1.29, 1.82) is 0 Å². The monoisotopic (exact) mass is 330 g/mol. The van der Waals surface area contributed by atoms with Crippen LogP contribution in [-0.2, 0) is 0 Å². The van der Waals surface area contributed by atoms with E-state index in [-0.39, 0.29) is 17.1 Å². The van der Waals surface area contributed by atoms with Crippen LogP contribution in [0.2, 0.25) is 0 Å². The van der Waals surface area contributed by atoms with Crippen LogP contribution in [-0.4, -0.2) is 35.9 Å². The van der Waals surface area contributed by atoms with Crippen LogP contribution in [0.15, 0.2) is 30.3 Å². The van der Waals surface area contributed by atoms with E-state index in [9.17, 15) is 4.79 Å². The molecule has 0 bridgehead atoms. The van der Waals surface area contributed by atoms with Crippen molar-refractivity contribution in [2.75, 3.05) is 19.5 Å². The van der Waals surface area contributed by atoms with E-state index >= 15 is 0 Å². The summed E-state index contributed by atoms with van der Waals surface area (Å²) in [6, 6.07) is 8.68. The molecule has 0 unspecified atom stereocenters. The van der Waals surface area contributed by atoms with E-state index in [0.29, 0.717) is 23.0 Å². The fourth-order valence-corrected chi connectivity index (χ4v) is 1.97. The van der Waals surface area contributed by atoms with Gasteiger partial charge in [0.05, 0.1) is 19.9 Å². The van der Waals surface area contributed by atoms with Gasteiger partial charge in [0.15, 0.2) is 11.5 Å². The van der Waals surface area contributed by atoms with Gasteiger partial charge >= 0.3 is 0 Å². The third-order valence-electron chi connectivity index (χ3n) is 3.06. The summed E-state index contributed by atoms with van der Waals surface area (Å²) < 4.78 is 10.5. The van der Waals surface area contributed by atoms with Crippen LogP contribution in [0.4, 0.5) is 11.5 Å². The molecule has 1 amide bonds. The SMILES string of the molecule is COc1ccc(OC)c(Nc2ccc(C(=O)NC(C)(C)C)nn2)c1. The highest BCUT2D eigenvalue weighted by molar-refractivity contribution is 5.92. The lowest BCUT2D eigenvalue weighted by Gasteiger charge is -2.19. The number of carbonyl (C=O) groups excluding carboxylic acids is 1. The van der Waals surface area contributed by atoms with Crippen LogP contribution in [0.25, 0.3) is 0 Å². The van der Waals surface area contributed by atoms with Crippen LogP contribution < -0.4 is 20.1 Å². The van der Waals surface area contributed by atoms with Gasteiger partial charge in [-0.3, -0.25) is 4.79 Å². The largest absolute Gasteiger partial charge is 0.497 e. The molecule has 7 heteroatoms. The van der Waals surface area contributed by atoms with Gasteiger partial charge in [-0.15, -0.1) is 10.2 Å². The molecular formula is C17H22N4O3. The van der Waals surface area contributed by atoms with Crippen LogP contribution in [0.3, 0.4) is 0 Å². The molecule has 128 valence electrons. The molecule has 2 rings (SSSR count). The van der Waals surface area contributed by atoms with Gasteiger partial charge in [0, 0.05) is 11.6 Å². The van der Waals surface area contributed by atoms with Crippen molar-refractivity contribution < 1.29 is 14.3 Å². The van der Waals surface area contributed by atoms with Gasteiger partial charge in [0.2, 0.25) is 0 Å². The number of anilines is 2. The molecule has 1 heterocycles. The van der Waals surface area contributed by atoms with Crippen LogP contribution >= 0.6 is 0 Å². The molecule has 0 saturated carbocycles. The first-order valence-corrected chi connectivity index (χ1v) is 7.47. The van der Waals surface area contributed by atoms with Crippen LogP contribution in [0.5, 0.6) is 11.5 Å². The van der Waals surface area contributed by atoms with Crippen molar-refractivity contribution in [3.63, 3.8) is 0 Å². The van der Waals surface area contributed by atoms with Crippen molar-refractivity contribution in [1.82, 2.24) is 15.5 Å².